The third-order valence-electron chi connectivity index (χ3n) is 4.81. The largest absolute Gasteiger partial charge is 0.507 e. The third-order valence-corrected chi connectivity index (χ3v) is 4.81. The quantitative estimate of drug-likeness (QED) is 0.368. The Kier molecular flexibility index (Phi) is 8.47. The van der Waals surface area contributed by atoms with Crippen molar-refractivity contribution in [3.63, 3.8) is 0 Å². The molecular weight excluding hydrogens is 364 g/mol. The van der Waals surface area contributed by atoms with Crippen molar-refractivity contribution in [3.8, 4) is 11.5 Å². The molecule has 0 radical (unpaired) electrons. The number of aryl methyl sites for hydroxylation is 1. The highest BCUT2D eigenvalue weighted by Crippen LogP contribution is 2.42. The molecule has 0 spiro atoms. The molecule has 5 atom stereocenters. The van der Waals surface area contributed by atoms with Gasteiger partial charge in [-0.25, -0.2) is 0 Å². The molecule has 1 aromatic carbocycles. The lowest BCUT2D eigenvalue weighted by Crippen LogP contribution is -2.55. The van der Waals surface area contributed by atoms with E-state index in [4.69, 9.17) is 4.74 Å². The Hall–Kier alpha value is -1.90. The number of aliphatic hydroxyl groups excluding tert-OH is 4. The molecule has 156 valence electrons. The summed E-state index contributed by atoms with van der Waals surface area (Å²) in [6, 6.07) is 2.94. The number of hydrogen-bond donors (Lipinski definition) is 6. The van der Waals surface area contributed by atoms with E-state index in [9.17, 15) is 30.6 Å². The fourth-order valence-electron chi connectivity index (χ4n) is 3.22. The normalized spacial score (nSPS) is 28.4. The molecule has 5 unspecified atom stereocenters. The summed E-state index contributed by atoms with van der Waals surface area (Å²) in [5.74, 6) is -0.572. The van der Waals surface area contributed by atoms with Crippen LogP contribution in [0.4, 0.5) is 0 Å². The molecule has 1 aliphatic heterocycles. The average Bonchev–Trinajstić information content (AvgIpc) is 2.66. The first kappa shape index (κ1) is 22.4. The molecule has 1 aliphatic rings. The Morgan fingerprint density at radius 2 is 1.54 bits per heavy atom. The minimum Gasteiger partial charge on any atom is -0.507 e. The topological polar surface area (TPSA) is 131 Å². The van der Waals surface area contributed by atoms with Crippen molar-refractivity contribution in [1.82, 2.24) is 0 Å². The van der Waals surface area contributed by atoms with Gasteiger partial charge in [0.15, 0.2) is 0 Å². The van der Waals surface area contributed by atoms with Gasteiger partial charge in [-0.1, -0.05) is 37.6 Å². The molecule has 28 heavy (non-hydrogen) atoms. The molecule has 1 fully saturated rings. The lowest BCUT2D eigenvalue weighted by molar-refractivity contribution is -0.232. The van der Waals surface area contributed by atoms with Crippen LogP contribution in [0.1, 0.15) is 43.4 Å². The summed E-state index contributed by atoms with van der Waals surface area (Å²) in [5.41, 5.74) is 0.615. The second-order valence-electron chi connectivity index (χ2n) is 6.98. The maximum Gasteiger partial charge on any atom is 0.125 e. The number of aliphatic hydroxyl groups is 4. The van der Waals surface area contributed by atoms with E-state index in [0.29, 0.717) is 12.0 Å². The monoisotopic (exact) mass is 394 g/mol. The fraction of sp³-hybridized carbons (Fsp3) is 0.524. The highest BCUT2D eigenvalue weighted by molar-refractivity contribution is 5.49. The molecule has 1 heterocycles. The van der Waals surface area contributed by atoms with Crippen molar-refractivity contribution >= 4 is 0 Å². The number of ether oxygens (including phenoxy) is 1. The Morgan fingerprint density at radius 3 is 2.11 bits per heavy atom. The van der Waals surface area contributed by atoms with Crippen LogP contribution in [0.25, 0.3) is 0 Å². The van der Waals surface area contributed by atoms with Crippen molar-refractivity contribution in [2.45, 2.75) is 63.1 Å². The molecule has 7 nitrogen and oxygen atoms in total. The SMILES string of the molecule is CCC/C=C/C=C/CCc1cc(O)c(C2OC(CO)C(O)C(O)C2O)c(O)c1. The lowest BCUT2D eigenvalue weighted by Gasteiger charge is -2.40. The molecule has 2 rings (SSSR count). The van der Waals surface area contributed by atoms with Crippen molar-refractivity contribution in [1.29, 1.82) is 0 Å². The number of aromatic hydroxyl groups is 2. The predicted molar refractivity (Wildman–Crippen MR) is 104 cm³/mol. The van der Waals surface area contributed by atoms with Crippen LogP contribution < -0.4 is 0 Å². The van der Waals surface area contributed by atoms with Gasteiger partial charge in [0.2, 0.25) is 0 Å². The van der Waals surface area contributed by atoms with Gasteiger partial charge in [0, 0.05) is 0 Å². The summed E-state index contributed by atoms with van der Waals surface area (Å²) in [5, 5.41) is 60.0. The van der Waals surface area contributed by atoms with E-state index >= 15 is 0 Å². The smallest absolute Gasteiger partial charge is 0.125 e. The van der Waals surface area contributed by atoms with Crippen LogP contribution in [0.5, 0.6) is 11.5 Å². The second kappa shape index (κ2) is 10.6. The van der Waals surface area contributed by atoms with Crippen LogP contribution in [0.2, 0.25) is 0 Å². The lowest BCUT2D eigenvalue weighted by atomic mass is 9.89. The van der Waals surface area contributed by atoms with Gasteiger partial charge in [-0.3, -0.25) is 0 Å². The number of unbranched alkanes of at least 4 members (excludes halogenated alkanes) is 1. The van der Waals surface area contributed by atoms with Gasteiger partial charge in [-0.15, -0.1) is 0 Å². The van der Waals surface area contributed by atoms with Crippen LogP contribution in [0, 0.1) is 0 Å². The summed E-state index contributed by atoms with van der Waals surface area (Å²) in [6.07, 6.45) is 4.41. The van der Waals surface area contributed by atoms with Crippen LogP contribution in [-0.4, -0.2) is 61.7 Å². The van der Waals surface area contributed by atoms with Crippen LogP contribution in [0.15, 0.2) is 36.4 Å². The van der Waals surface area contributed by atoms with E-state index in [2.05, 4.69) is 13.0 Å². The van der Waals surface area contributed by atoms with Crippen molar-refractivity contribution in [2.75, 3.05) is 6.61 Å². The molecule has 1 aromatic rings. The van der Waals surface area contributed by atoms with Crippen molar-refractivity contribution < 1.29 is 35.4 Å². The fourth-order valence-corrected chi connectivity index (χ4v) is 3.22. The van der Waals surface area contributed by atoms with Gasteiger partial charge in [0.05, 0.1) is 12.2 Å². The third kappa shape index (κ3) is 5.33. The van der Waals surface area contributed by atoms with E-state index in [-0.39, 0.29) is 17.1 Å². The molecule has 0 aromatic heterocycles. The zero-order chi connectivity index (χ0) is 20.7. The van der Waals surface area contributed by atoms with E-state index in [0.717, 1.165) is 19.3 Å². The number of rotatable bonds is 8. The first-order chi connectivity index (χ1) is 13.4. The zero-order valence-corrected chi connectivity index (χ0v) is 16.0. The van der Waals surface area contributed by atoms with E-state index in [1.165, 1.54) is 12.1 Å². The minimum absolute atomic E-state index is 0.0845. The summed E-state index contributed by atoms with van der Waals surface area (Å²) in [7, 11) is 0. The van der Waals surface area contributed by atoms with Gasteiger partial charge in [-0.2, -0.15) is 0 Å². The van der Waals surface area contributed by atoms with Crippen LogP contribution in [-0.2, 0) is 11.2 Å². The molecule has 0 aliphatic carbocycles. The van der Waals surface area contributed by atoms with Crippen LogP contribution in [0.3, 0.4) is 0 Å². The number of benzene rings is 1. The average molecular weight is 394 g/mol. The second-order valence-corrected chi connectivity index (χ2v) is 6.98. The van der Waals surface area contributed by atoms with E-state index < -0.39 is 37.1 Å². The molecule has 7 heteroatoms. The van der Waals surface area contributed by atoms with Gasteiger partial charge in [-0.05, 0) is 37.0 Å². The molecule has 0 saturated carbocycles. The number of phenols is 2. The molecule has 0 bridgehead atoms. The van der Waals surface area contributed by atoms with Gasteiger partial charge < -0.3 is 35.4 Å². The number of allylic oxidation sites excluding steroid dienone is 4. The molecule has 1 saturated heterocycles. The summed E-state index contributed by atoms with van der Waals surface area (Å²) < 4.78 is 5.41. The summed E-state index contributed by atoms with van der Waals surface area (Å²) in [6.45, 7) is 1.53. The van der Waals surface area contributed by atoms with Crippen molar-refractivity contribution in [2.24, 2.45) is 0 Å². The maximum absolute atomic E-state index is 10.4. The standard InChI is InChI=1S/C21H30O7/c1-2-3-4-5-6-7-8-9-13-10-14(23)17(15(24)11-13)21-20(27)19(26)18(25)16(12-22)28-21/h4-7,10-11,16,18-27H,2-3,8-9,12H2,1H3/b5-4+,7-6+. The molecule has 6 N–H and O–H groups in total. The molecular formula is C21H30O7. The highest BCUT2D eigenvalue weighted by Gasteiger charge is 2.45. The minimum atomic E-state index is -1.58. The Morgan fingerprint density at radius 1 is 0.929 bits per heavy atom. The zero-order valence-electron chi connectivity index (χ0n) is 16.0. The van der Waals surface area contributed by atoms with Crippen molar-refractivity contribution in [3.05, 3.63) is 47.6 Å². The Labute approximate surface area is 164 Å². The van der Waals surface area contributed by atoms with E-state index in [1.54, 1.807) is 0 Å². The predicted octanol–water partition coefficient (Wildman–Crippen LogP) is 1.46. The Balaban J connectivity index is 2.11. The number of hydrogen-bond acceptors (Lipinski definition) is 7. The van der Waals surface area contributed by atoms with Gasteiger partial charge in [0.1, 0.15) is 42.0 Å². The molecule has 0 amide bonds. The summed E-state index contributed by atoms with van der Waals surface area (Å²) in [4.78, 5) is 0. The summed E-state index contributed by atoms with van der Waals surface area (Å²) >= 11 is 0. The van der Waals surface area contributed by atoms with E-state index in [1.807, 2.05) is 18.2 Å². The number of phenolic OH excluding ortho intramolecular Hbond substituents is 2. The maximum atomic E-state index is 10.4. The van der Waals surface area contributed by atoms with Crippen LogP contribution >= 0.6 is 0 Å². The first-order valence-corrected chi connectivity index (χ1v) is 9.57. The Bertz CT molecular complexity index is 660. The van der Waals surface area contributed by atoms with Gasteiger partial charge in [0.25, 0.3) is 0 Å². The van der Waals surface area contributed by atoms with Gasteiger partial charge >= 0.3 is 0 Å². The first-order valence-electron chi connectivity index (χ1n) is 9.57. The highest BCUT2D eigenvalue weighted by atomic mass is 16.5.